The minimum atomic E-state index is 0.543. The third-order valence-corrected chi connectivity index (χ3v) is 2.44. The predicted octanol–water partition coefficient (Wildman–Crippen LogP) is 1.68. The lowest BCUT2D eigenvalue weighted by Gasteiger charge is -2.07. The van der Waals surface area contributed by atoms with Crippen LogP contribution in [-0.4, -0.2) is 13.8 Å². The molecule has 0 atom stereocenters. The van der Waals surface area contributed by atoms with Gasteiger partial charge >= 0.3 is 0 Å². The molecular weight excluding hydrogens is 202 g/mol. The monoisotopic (exact) mass is 217 g/mol. The van der Waals surface area contributed by atoms with Crippen molar-refractivity contribution in [2.75, 3.05) is 19.1 Å². The van der Waals surface area contributed by atoms with E-state index in [1.807, 2.05) is 24.3 Å². The Morgan fingerprint density at radius 1 is 1.12 bits per heavy atom. The van der Waals surface area contributed by atoms with Crippen LogP contribution in [0.15, 0.2) is 36.4 Å². The van der Waals surface area contributed by atoms with E-state index in [0.29, 0.717) is 6.67 Å². The van der Waals surface area contributed by atoms with Crippen molar-refractivity contribution in [3.63, 3.8) is 0 Å². The molecule has 0 radical (unpaired) electrons. The van der Waals surface area contributed by atoms with E-state index in [-0.39, 0.29) is 0 Å². The Kier molecular flexibility index (Phi) is 3.24. The Labute approximate surface area is 94.4 Å². The molecule has 4 N–H and O–H groups in total. The Morgan fingerprint density at radius 3 is 2.62 bits per heavy atom. The molecule has 0 aliphatic heterocycles. The van der Waals surface area contributed by atoms with Crippen molar-refractivity contribution in [1.82, 2.24) is 5.43 Å². The second-order valence-corrected chi connectivity index (χ2v) is 3.49. The van der Waals surface area contributed by atoms with Crippen LogP contribution in [0.25, 0.3) is 10.8 Å². The average molecular weight is 217 g/mol. The van der Waals surface area contributed by atoms with Crippen molar-refractivity contribution in [1.29, 1.82) is 0 Å². The van der Waals surface area contributed by atoms with Gasteiger partial charge in [0, 0.05) is 5.69 Å². The molecule has 2 aromatic rings. The highest BCUT2D eigenvalue weighted by Crippen LogP contribution is 2.23. The molecule has 84 valence electrons. The molecule has 4 heteroatoms. The van der Waals surface area contributed by atoms with Crippen LogP contribution in [0, 0.1) is 0 Å². The van der Waals surface area contributed by atoms with Gasteiger partial charge in [-0.05, 0) is 35.0 Å². The fraction of sp³-hybridized carbons (Fsp3) is 0.167. The Balaban J connectivity index is 2.32. The molecule has 0 spiro atoms. The number of ether oxygens (including phenoxy) is 1. The van der Waals surface area contributed by atoms with E-state index in [0.717, 1.165) is 16.8 Å². The van der Waals surface area contributed by atoms with Crippen molar-refractivity contribution in [2.45, 2.75) is 0 Å². The largest absolute Gasteiger partial charge is 0.497 e. The lowest BCUT2D eigenvalue weighted by Crippen LogP contribution is -2.28. The topological polar surface area (TPSA) is 59.3 Å². The van der Waals surface area contributed by atoms with Gasteiger partial charge in [0.15, 0.2) is 0 Å². The Morgan fingerprint density at radius 2 is 1.88 bits per heavy atom. The zero-order chi connectivity index (χ0) is 11.4. The molecule has 0 fully saturated rings. The van der Waals surface area contributed by atoms with Gasteiger partial charge in [-0.25, -0.2) is 5.43 Å². The lowest BCUT2D eigenvalue weighted by molar-refractivity contribution is 0.415. The number of methoxy groups -OCH3 is 1. The van der Waals surface area contributed by atoms with Crippen molar-refractivity contribution >= 4 is 16.5 Å². The second-order valence-electron chi connectivity index (χ2n) is 3.49. The molecule has 16 heavy (non-hydrogen) atoms. The maximum Gasteiger partial charge on any atom is 0.119 e. The molecule has 0 aliphatic rings. The van der Waals surface area contributed by atoms with E-state index in [1.165, 1.54) is 5.39 Å². The molecule has 0 heterocycles. The number of hydrogen-bond donors (Lipinski definition) is 3. The van der Waals surface area contributed by atoms with Crippen molar-refractivity contribution in [3.8, 4) is 5.75 Å². The normalized spacial score (nSPS) is 10.4. The van der Waals surface area contributed by atoms with E-state index in [2.05, 4.69) is 22.9 Å². The van der Waals surface area contributed by atoms with Crippen LogP contribution in [0.1, 0.15) is 0 Å². The molecule has 2 aromatic carbocycles. The molecule has 0 aliphatic carbocycles. The fourth-order valence-electron chi connectivity index (χ4n) is 1.61. The van der Waals surface area contributed by atoms with Crippen LogP contribution in [0.3, 0.4) is 0 Å². The van der Waals surface area contributed by atoms with E-state index in [9.17, 15) is 0 Å². The van der Waals surface area contributed by atoms with Crippen LogP contribution < -0.4 is 21.3 Å². The van der Waals surface area contributed by atoms with Gasteiger partial charge in [0.25, 0.3) is 0 Å². The van der Waals surface area contributed by atoms with E-state index in [4.69, 9.17) is 10.6 Å². The molecular formula is C12H15N3O. The first kappa shape index (κ1) is 10.7. The third kappa shape index (κ3) is 2.24. The van der Waals surface area contributed by atoms with Gasteiger partial charge in [0.2, 0.25) is 0 Å². The highest BCUT2D eigenvalue weighted by Gasteiger charge is 1.97. The molecule has 2 rings (SSSR count). The van der Waals surface area contributed by atoms with Gasteiger partial charge in [-0.15, -0.1) is 0 Å². The first-order valence-corrected chi connectivity index (χ1v) is 5.08. The van der Waals surface area contributed by atoms with Crippen LogP contribution >= 0.6 is 0 Å². The number of anilines is 1. The summed E-state index contributed by atoms with van der Waals surface area (Å²) in [4.78, 5) is 0. The molecule has 0 unspecified atom stereocenters. The summed E-state index contributed by atoms with van der Waals surface area (Å²) in [6.45, 7) is 0.543. The summed E-state index contributed by atoms with van der Waals surface area (Å²) in [5, 5.41) is 5.47. The van der Waals surface area contributed by atoms with Crippen LogP contribution in [-0.2, 0) is 0 Å². The summed E-state index contributed by atoms with van der Waals surface area (Å²) in [5.74, 6) is 6.07. The van der Waals surface area contributed by atoms with Crippen LogP contribution in [0.4, 0.5) is 5.69 Å². The Hall–Kier alpha value is -1.78. The fourth-order valence-corrected chi connectivity index (χ4v) is 1.61. The molecule has 0 aromatic heterocycles. The molecule has 4 nitrogen and oxygen atoms in total. The smallest absolute Gasteiger partial charge is 0.119 e. The van der Waals surface area contributed by atoms with Gasteiger partial charge in [-0.2, -0.15) is 0 Å². The van der Waals surface area contributed by atoms with Gasteiger partial charge in [0.05, 0.1) is 13.8 Å². The molecule has 0 saturated heterocycles. The van der Waals surface area contributed by atoms with Crippen molar-refractivity contribution in [2.24, 2.45) is 5.84 Å². The highest BCUT2D eigenvalue weighted by atomic mass is 16.5. The highest BCUT2D eigenvalue weighted by molar-refractivity contribution is 5.86. The van der Waals surface area contributed by atoms with Gasteiger partial charge in [0.1, 0.15) is 5.75 Å². The Bertz CT molecular complexity index is 485. The number of hydrazine groups is 1. The number of nitrogens with one attached hydrogen (secondary N) is 2. The first-order chi connectivity index (χ1) is 7.83. The van der Waals surface area contributed by atoms with E-state index >= 15 is 0 Å². The summed E-state index contributed by atoms with van der Waals surface area (Å²) in [6, 6.07) is 12.1. The van der Waals surface area contributed by atoms with E-state index < -0.39 is 0 Å². The first-order valence-electron chi connectivity index (χ1n) is 5.08. The van der Waals surface area contributed by atoms with Crippen molar-refractivity contribution < 1.29 is 4.74 Å². The number of benzene rings is 2. The molecule has 0 amide bonds. The summed E-state index contributed by atoms with van der Waals surface area (Å²) in [5.41, 5.74) is 3.59. The molecule has 0 saturated carbocycles. The minimum Gasteiger partial charge on any atom is -0.497 e. The zero-order valence-electron chi connectivity index (χ0n) is 9.16. The van der Waals surface area contributed by atoms with Crippen LogP contribution in [0.5, 0.6) is 5.75 Å². The summed E-state index contributed by atoms with van der Waals surface area (Å²) in [7, 11) is 1.67. The van der Waals surface area contributed by atoms with Gasteiger partial charge < -0.3 is 10.1 Å². The van der Waals surface area contributed by atoms with Crippen LogP contribution in [0.2, 0.25) is 0 Å². The maximum absolute atomic E-state index is 5.20. The lowest BCUT2D eigenvalue weighted by atomic mass is 10.1. The standard InChI is InChI=1S/C12H15N3O/c1-16-12-5-3-9-6-11(14-8-15-13)4-2-10(9)7-12/h2-7,14-15H,8,13H2,1H3. The van der Waals surface area contributed by atoms with E-state index in [1.54, 1.807) is 7.11 Å². The number of fused-ring (bicyclic) bond motifs is 1. The van der Waals surface area contributed by atoms with Crippen molar-refractivity contribution in [3.05, 3.63) is 36.4 Å². The second kappa shape index (κ2) is 4.83. The quantitative estimate of drug-likeness (QED) is 0.414. The predicted molar refractivity (Wildman–Crippen MR) is 66.3 cm³/mol. The number of rotatable bonds is 4. The maximum atomic E-state index is 5.20. The summed E-state index contributed by atoms with van der Waals surface area (Å²) in [6.07, 6.45) is 0. The third-order valence-electron chi connectivity index (χ3n) is 2.44. The average Bonchev–Trinajstić information content (AvgIpc) is 2.35. The summed E-state index contributed by atoms with van der Waals surface area (Å²) >= 11 is 0. The summed E-state index contributed by atoms with van der Waals surface area (Å²) < 4.78 is 5.18. The minimum absolute atomic E-state index is 0.543. The van der Waals surface area contributed by atoms with Gasteiger partial charge in [-0.3, -0.25) is 5.84 Å². The zero-order valence-corrected chi connectivity index (χ0v) is 9.16. The molecule has 0 bridgehead atoms. The number of hydrogen-bond acceptors (Lipinski definition) is 4. The SMILES string of the molecule is COc1ccc2cc(NCNN)ccc2c1. The number of nitrogens with two attached hydrogens (primary N) is 1. The van der Waals surface area contributed by atoms with Gasteiger partial charge in [-0.1, -0.05) is 12.1 Å².